The summed E-state index contributed by atoms with van der Waals surface area (Å²) in [5, 5.41) is 8.55. The summed E-state index contributed by atoms with van der Waals surface area (Å²) in [5.41, 5.74) is 2.24. The highest BCUT2D eigenvalue weighted by molar-refractivity contribution is 9.10. The van der Waals surface area contributed by atoms with Gasteiger partial charge in [0.05, 0.1) is 0 Å². The lowest BCUT2D eigenvalue weighted by atomic mass is 10.1. The lowest BCUT2D eigenvalue weighted by molar-refractivity contribution is 0.0962. The third-order valence-corrected chi connectivity index (χ3v) is 3.25. The summed E-state index contributed by atoms with van der Waals surface area (Å²) in [6.45, 7) is 0.144. The molecule has 0 amide bonds. The van der Waals surface area contributed by atoms with E-state index in [0.717, 1.165) is 15.5 Å². The van der Waals surface area contributed by atoms with E-state index in [1.54, 1.807) is 12.1 Å². The zero-order valence-electron chi connectivity index (χ0n) is 9.95. The van der Waals surface area contributed by atoms with Gasteiger partial charge in [-0.2, -0.15) is 15.0 Å². The molecular weight excluding hydrogens is 306 g/mol. The molecule has 3 aromatic rings. The summed E-state index contributed by atoms with van der Waals surface area (Å²) >= 11 is 3.35. The summed E-state index contributed by atoms with van der Waals surface area (Å²) in [6.07, 6.45) is 0. The van der Waals surface area contributed by atoms with E-state index in [-0.39, 0.29) is 12.3 Å². The van der Waals surface area contributed by atoms with E-state index in [0.29, 0.717) is 5.56 Å². The highest BCUT2D eigenvalue weighted by atomic mass is 79.9. The Morgan fingerprint density at radius 3 is 2.37 bits per heavy atom. The molecular formula is C14H10BrN3O. The second kappa shape index (κ2) is 4.93. The lowest BCUT2D eigenvalue weighted by Gasteiger charge is -2.00. The van der Waals surface area contributed by atoms with Crippen LogP contribution in [0, 0.1) is 0 Å². The average Bonchev–Trinajstić information content (AvgIpc) is 2.80. The summed E-state index contributed by atoms with van der Waals surface area (Å²) in [7, 11) is 0. The molecule has 0 radical (unpaired) electrons. The number of ketones is 1. The fraction of sp³-hybridized carbons (Fsp3) is 0.0714. The van der Waals surface area contributed by atoms with Crippen LogP contribution in [0.1, 0.15) is 10.4 Å². The number of halogens is 1. The zero-order valence-corrected chi connectivity index (χ0v) is 11.5. The van der Waals surface area contributed by atoms with Crippen molar-refractivity contribution in [3.8, 4) is 0 Å². The molecule has 0 N–H and O–H groups in total. The quantitative estimate of drug-likeness (QED) is 0.698. The number of rotatable bonds is 3. The Morgan fingerprint density at radius 1 is 1.05 bits per heavy atom. The van der Waals surface area contributed by atoms with Crippen molar-refractivity contribution in [1.29, 1.82) is 0 Å². The molecule has 19 heavy (non-hydrogen) atoms. The Morgan fingerprint density at radius 2 is 1.74 bits per heavy atom. The Kier molecular flexibility index (Phi) is 3.13. The maximum atomic E-state index is 12.1. The van der Waals surface area contributed by atoms with Crippen LogP contribution in [0.5, 0.6) is 0 Å². The number of Topliss-reactive ketones (excluding diaryl/α,β-unsaturated/α-hetero) is 1. The normalized spacial score (nSPS) is 10.8. The number of benzene rings is 2. The molecule has 94 valence electrons. The molecule has 0 spiro atoms. The number of carbonyl (C=O) groups is 1. The predicted molar refractivity (Wildman–Crippen MR) is 76.0 cm³/mol. The van der Waals surface area contributed by atoms with Crippen LogP contribution in [0.4, 0.5) is 0 Å². The molecule has 0 bridgehead atoms. The minimum atomic E-state index is -0.0124. The molecule has 2 aromatic carbocycles. The van der Waals surface area contributed by atoms with Crippen LogP contribution in [-0.2, 0) is 6.54 Å². The van der Waals surface area contributed by atoms with Crippen LogP contribution in [-0.4, -0.2) is 20.8 Å². The minimum absolute atomic E-state index is 0.0124. The molecule has 0 aliphatic heterocycles. The van der Waals surface area contributed by atoms with Gasteiger partial charge < -0.3 is 0 Å². The Labute approximate surface area is 118 Å². The summed E-state index contributed by atoms with van der Waals surface area (Å²) in [6, 6.07) is 14.9. The molecule has 0 saturated heterocycles. The highest BCUT2D eigenvalue weighted by Crippen LogP contribution is 2.13. The molecule has 0 unspecified atom stereocenters. The van der Waals surface area contributed by atoms with Crippen molar-refractivity contribution in [3.05, 3.63) is 58.6 Å². The maximum Gasteiger partial charge on any atom is 0.186 e. The van der Waals surface area contributed by atoms with Crippen LogP contribution in [0.25, 0.3) is 11.0 Å². The molecule has 3 rings (SSSR count). The first-order valence-corrected chi connectivity index (χ1v) is 6.60. The topological polar surface area (TPSA) is 47.8 Å². The van der Waals surface area contributed by atoms with E-state index >= 15 is 0 Å². The summed E-state index contributed by atoms with van der Waals surface area (Å²) in [4.78, 5) is 13.6. The first-order chi connectivity index (χ1) is 9.22. The molecule has 0 atom stereocenters. The number of fused-ring (bicyclic) bond motifs is 1. The molecule has 0 fully saturated rings. The van der Waals surface area contributed by atoms with Crippen LogP contribution in [0.15, 0.2) is 53.0 Å². The number of hydrogen-bond donors (Lipinski definition) is 0. The fourth-order valence-corrected chi connectivity index (χ4v) is 2.26. The first-order valence-electron chi connectivity index (χ1n) is 5.81. The van der Waals surface area contributed by atoms with Gasteiger partial charge in [-0.25, -0.2) is 0 Å². The fourth-order valence-electron chi connectivity index (χ4n) is 1.86. The minimum Gasteiger partial charge on any atom is -0.292 e. The molecule has 4 nitrogen and oxygen atoms in total. The Balaban J connectivity index is 1.86. The van der Waals surface area contributed by atoms with E-state index in [2.05, 4.69) is 26.1 Å². The van der Waals surface area contributed by atoms with Crippen LogP contribution < -0.4 is 0 Å². The van der Waals surface area contributed by atoms with E-state index in [9.17, 15) is 4.79 Å². The third kappa shape index (κ3) is 2.56. The Bertz CT molecular complexity index is 718. The maximum absolute atomic E-state index is 12.1. The van der Waals surface area contributed by atoms with Gasteiger partial charge in [0.2, 0.25) is 0 Å². The van der Waals surface area contributed by atoms with Gasteiger partial charge in [-0.1, -0.05) is 40.2 Å². The molecule has 1 aromatic heterocycles. The number of carbonyl (C=O) groups excluding carboxylic acids is 1. The van der Waals surface area contributed by atoms with Crippen molar-refractivity contribution < 1.29 is 4.79 Å². The molecule has 5 heteroatoms. The predicted octanol–water partition coefficient (Wildman–Crippen LogP) is 3.08. The zero-order chi connectivity index (χ0) is 13.2. The van der Waals surface area contributed by atoms with Gasteiger partial charge in [-0.3, -0.25) is 4.79 Å². The number of nitrogens with zero attached hydrogens (tertiary/aromatic N) is 3. The van der Waals surface area contributed by atoms with Gasteiger partial charge in [0.1, 0.15) is 17.6 Å². The van der Waals surface area contributed by atoms with Gasteiger partial charge in [-0.05, 0) is 24.3 Å². The van der Waals surface area contributed by atoms with Gasteiger partial charge in [0, 0.05) is 10.0 Å². The van der Waals surface area contributed by atoms with Crippen molar-refractivity contribution in [3.63, 3.8) is 0 Å². The SMILES string of the molecule is O=C(Cn1nc2ccccc2n1)c1cccc(Br)c1. The lowest BCUT2D eigenvalue weighted by Crippen LogP contribution is -2.12. The molecule has 1 heterocycles. The largest absolute Gasteiger partial charge is 0.292 e. The Hall–Kier alpha value is -2.01. The van der Waals surface area contributed by atoms with Gasteiger partial charge in [0.25, 0.3) is 0 Å². The molecule has 0 saturated carbocycles. The summed E-state index contributed by atoms with van der Waals surface area (Å²) in [5.74, 6) is -0.0124. The van der Waals surface area contributed by atoms with E-state index in [4.69, 9.17) is 0 Å². The number of hydrogen-bond acceptors (Lipinski definition) is 3. The van der Waals surface area contributed by atoms with E-state index in [1.807, 2.05) is 36.4 Å². The smallest absolute Gasteiger partial charge is 0.186 e. The van der Waals surface area contributed by atoms with Gasteiger partial charge in [0.15, 0.2) is 5.78 Å². The van der Waals surface area contributed by atoms with Crippen molar-refractivity contribution in [2.75, 3.05) is 0 Å². The van der Waals surface area contributed by atoms with E-state index in [1.165, 1.54) is 4.80 Å². The van der Waals surface area contributed by atoms with Gasteiger partial charge >= 0.3 is 0 Å². The van der Waals surface area contributed by atoms with E-state index < -0.39 is 0 Å². The average molecular weight is 316 g/mol. The van der Waals surface area contributed by atoms with Crippen molar-refractivity contribution in [2.45, 2.75) is 6.54 Å². The van der Waals surface area contributed by atoms with Crippen molar-refractivity contribution >= 4 is 32.7 Å². The number of aromatic nitrogens is 3. The van der Waals surface area contributed by atoms with Crippen LogP contribution >= 0.6 is 15.9 Å². The second-order valence-electron chi connectivity index (χ2n) is 4.15. The van der Waals surface area contributed by atoms with Crippen molar-refractivity contribution in [1.82, 2.24) is 15.0 Å². The molecule has 0 aliphatic carbocycles. The first kappa shape index (κ1) is 12.0. The monoisotopic (exact) mass is 315 g/mol. The third-order valence-electron chi connectivity index (χ3n) is 2.76. The van der Waals surface area contributed by atoms with Gasteiger partial charge in [-0.15, -0.1) is 0 Å². The van der Waals surface area contributed by atoms with Crippen LogP contribution in [0.2, 0.25) is 0 Å². The van der Waals surface area contributed by atoms with Crippen LogP contribution in [0.3, 0.4) is 0 Å². The second-order valence-corrected chi connectivity index (χ2v) is 5.07. The molecule has 0 aliphatic rings. The summed E-state index contributed by atoms with van der Waals surface area (Å²) < 4.78 is 0.886. The highest BCUT2D eigenvalue weighted by Gasteiger charge is 2.09. The van der Waals surface area contributed by atoms with Crippen molar-refractivity contribution in [2.24, 2.45) is 0 Å². The standard InChI is InChI=1S/C14H10BrN3O/c15-11-5-3-4-10(8-11)14(19)9-18-16-12-6-1-2-7-13(12)17-18/h1-8H,9H2.